The average molecular weight is 1050 g/mol. The van der Waals surface area contributed by atoms with Crippen LogP contribution in [0.2, 0.25) is 36.3 Å². The summed E-state index contributed by atoms with van der Waals surface area (Å²) in [6.07, 6.45) is 0. The van der Waals surface area contributed by atoms with Gasteiger partial charge in [-0.25, -0.2) is 0 Å². The normalized spacial score (nSPS) is 10.4. The molecule has 0 heterocycles. The molecule has 0 amide bonds. The SMILES string of the molecule is C.C.C.C.C.C.C.C.C.C.C.C.C.C.C.C.C.C.C.C.C.C.C/C(=C(\C)C(C)(C)C)C(C)(C)C.CC(C)(C)C(C)(C)C(C)(C)C.CC(C)(C)OC(C)(C)C.CC(C)(C)[Si](C)(C)O[Si](C)(C)C(C)(C)C. The van der Waals surface area contributed by atoms with Crippen molar-refractivity contribution in [1.29, 1.82) is 0 Å². The molecule has 0 aliphatic heterocycles. The summed E-state index contributed by atoms with van der Waals surface area (Å²) in [5, 5.41) is 0.644. The van der Waals surface area contributed by atoms with Gasteiger partial charge in [-0.15, -0.1) is 0 Å². The number of hydrogen-bond donors (Lipinski definition) is 0. The Kier molecular flexibility index (Phi) is 140. The lowest BCUT2D eigenvalue weighted by Gasteiger charge is -2.49. The fourth-order valence-electron chi connectivity index (χ4n) is 4.11. The highest BCUT2D eigenvalue weighted by atomic mass is 28.4. The second-order valence-electron chi connectivity index (χ2n) is 23.8. The Bertz CT molecular complexity index is 852. The van der Waals surface area contributed by atoms with Crippen molar-refractivity contribution >= 4 is 16.6 Å². The quantitative estimate of drug-likeness (QED) is 0.203. The molecule has 4 heteroatoms. The van der Waals surface area contributed by atoms with Crippen LogP contribution >= 0.6 is 0 Å². The molecular formula is C65H184O2Si2. The second-order valence-corrected chi connectivity index (χ2v) is 33.7. The molecule has 0 spiro atoms. The van der Waals surface area contributed by atoms with Gasteiger partial charge in [0.05, 0.1) is 11.2 Å². The van der Waals surface area contributed by atoms with Crippen LogP contribution in [0.3, 0.4) is 0 Å². The van der Waals surface area contributed by atoms with E-state index in [9.17, 15) is 0 Å². The predicted molar refractivity (Wildman–Crippen MR) is 374 cm³/mol. The average Bonchev–Trinajstić information content (AvgIpc) is 2.65. The summed E-state index contributed by atoms with van der Waals surface area (Å²) in [6, 6.07) is 0. The van der Waals surface area contributed by atoms with Gasteiger partial charge < -0.3 is 8.85 Å². The number of hydrogen-bond acceptors (Lipinski definition) is 2. The molecule has 0 atom stereocenters. The zero-order valence-corrected chi connectivity index (χ0v) is 41.3. The summed E-state index contributed by atoms with van der Waals surface area (Å²) in [5.74, 6) is 0. The van der Waals surface area contributed by atoms with Crippen LogP contribution in [0, 0.1) is 27.1 Å². The monoisotopic (exact) mass is 1050 g/mol. The van der Waals surface area contributed by atoms with E-state index in [4.69, 9.17) is 8.85 Å². The molecule has 0 radical (unpaired) electrons. The maximum Gasteiger partial charge on any atom is 0.178 e. The van der Waals surface area contributed by atoms with Gasteiger partial charge in [0.25, 0.3) is 0 Å². The Balaban J connectivity index is -0.0000000136. The smallest absolute Gasteiger partial charge is 0.178 e. The standard InChI is InChI=1S/C12H30OSi2.C12H24.C11H24.C8H18O.22CH4/c1-11(2,3)14(7,8)13-15(9,10)12(4,5)6;1-9(11(3,4)5)10(2)12(6,7)8;1-9(2,3)11(7,8)10(4,5)6;1-7(2,3)9-8(4,5)6;;;;;;;;;;;;;;;;;;;;;;/h1-10H3;1-8H3;1-8H3;1-6H3;22*1H4/b;10-9-;;;;;;;;;;;;;;;;;;;;;;;;. The lowest BCUT2D eigenvalue weighted by atomic mass is 9.56. The highest BCUT2D eigenvalue weighted by Gasteiger charge is 2.46. The molecule has 0 fully saturated rings. The highest BCUT2D eigenvalue weighted by molar-refractivity contribution is 6.87. The Morgan fingerprint density at radius 3 is 0.435 bits per heavy atom. The summed E-state index contributed by atoms with van der Waals surface area (Å²) < 4.78 is 12.3. The molecule has 0 unspecified atom stereocenters. The summed E-state index contributed by atoms with van der Waals surface area (Å²) >= 11 is 0. The molecular weight excluding hydrogens is 869 g/mol. The fraction of sp³-hybridized carbons (Fsp3) is 0.969. The van der Waals surface area contributed by atoms with E-state index in [1.54, 1.807) is 0 Å². The van der Waals surface area contributed by atoms with Crippen molar-refractivity contribution in [2.45, 2.75) is 405 Å². The maximum atomic E-state index is 6.63. The van der Waals surface area contributed by atoms with Crippen LogP contribution in [0.25, 0.3) is 0 Å². The van der Waals surface area contributed by atoms with Crippen molar-refractivity contribution in [3.63, 3.8) is 0 Å². The Labute approximate surface area is 466 Å². The van der Waals surface area contributed by atoms with Gasteiger partial charge in [0.1, 0.15) is 0 Å². The van der Waals surface area contributed by atoms with Crippen molar-refractivity contribution in [3.05, 3.63) is 11.1 Å². The summed E-state index contributed by atoms with van der Waals surface area (Å²) in [5.41, 5.74) is 4.78. The van der Waals surface area contributed by atoms with Crippen molar-refractivity contribution in [1.82, 2.24) is 0 Å². The van der Waals surface area contributed by atoms with E-state index in [-0.39, 0.29) is 175 Å². The van der Waals surface area contributed by atoms with Gasteiger partial charge in [0.2, 0.25) is 0 Å². The van der Waals surface area contributed by atoms with Crippen LogP contribution in [0.4, 0.5) is 0 Å². The molecule has 0 bridgehead atoms. The topological polar surface area (TPSA) is 18.5 Å². The molecule has 0 aliphatic carbocycles. The minimum atomic E-state index is -1.59. The Morgan fingerprint density at radius 2 is 0.391 bits per heavy atom. The molecule has 0 N–H and O–H groups in total. The largest absolute Gasteiger partial charge is 0.455 e. The predicted octanol–water partition coefficient (Wildman–Crippen LogP) is 30.1. The molecule has 0 aromatic heterocycles. The highest BCUT2D eigenvalue weighted by Crippen LogP contribution is 2.50. The van der Waals surface area contributed by atoms with Crippen LogP contribution in [-0.4, -0.2) is 27.8 Å². The zero-order chi connectivity index (χ0) is 40.1. The van der Waals surface area contributed by atoms with E-state index in [1.807, 2.05) is 0 Å². The van der Waals surface area contributed by atoms with E-state index in [0.29, 0.717) is 37.2 Å². The first-order valence-electron chi connectivity index (χ1n) is 18.6. The van der Waals surface area contributed by atoms with Gasteiger partial charge >= 0.3 is 0 Å². The van der Waals surface area contributed by atoms with E-state index in [2.05, 4.69) is 220 Å². The van der Waals surface area contributed by atoms with Gasteiger partial charge in [-0.2, -0.15) is 0 Å². The van der Waals surface area contributed by atoms with Gasteiger partial charge in [-0.3, -0.25) is 0 Å². The van der Waals surface area contributed by atoms with Gasteiger partial charge in [-0.1, -0.05) is 313 Å². The van der Waals surface area contributed by atoms with Crippen LogP contribution in [0.1, 0.15) is 357 Å². The van der Waals surface area contributed by atoms with Crippen LogP contribution in [0.15, 0.2) is 11.1 Å². The van der Waals surface area contributed by atoms with E-state index < -0.39 is 16.6 Å². The van der Waals surface area contributed by atoms with Crippen LogP contribution < -0.4 is 0 Å². The second kappa shape index (κ2) is 55.8. The lowest BCUT2D eigenvalue weighted by molar-refractivity contribution is -0.102. The summed E-state index contributed by atoms with van der Waals surface area (Å²) in [7, 11) is -3.18. The first-order valence-corrected chi connectivity index (χ1v) is 24.4. The van der Waals surface area contributed by atoms with E-state index in [1.165, 1.54) is 11.1 Å². The summed E-state index contributed by atoms with van der Waals surface area (Å²) in [6.45, 7) is 72.5. The molecule has 464 valence electrons. The molecule has 0 rings (SSSR count). The molecule has 69 heavy (non-hydrogen) atoms. The number of ether oxygens (including phenoxy) is 1. The third-order valence-electron chi connectivity index (χ3n) is 11.3. The minimum Gasteiger partial charge on any atom is -0.455 e. The van der Waals surface area contributed by atoms with Gasteiger partial charge in [0, 0.05) is 0 Å². The first-order chi connectivity index (χ1) is 19.5. The van der Waals surface area contributed by atoms with Crippen LogP contribution in [-0.2, 0) is 8.85 Å². The Hall–Kier alpha value is 0.0938. The third kappa shape index (κ3) is 72.4. The fourth-order valence-corrected chi connectivity index (χ4v) is 11.7. The van der Waals surface area contributed by atoms with Gasteiger partial charge in [-0.05, 0) is 119 Å². The molecule has 0 aromatic rings. The van der Waals surface area contributed by atoms with Crippen LogP contribution in [0.5, 0.6) is 0 Å². The summed E-state index contributed by atoms with van der Waals surface area (Å²) in [4.78, 5) is 0. The Morgan fingerprint density at radius 1 is 0.261 bits per heavy atom. The van der Waals surface area contributed by atoms with E-state index in [0.717, 1.165) is 0 Å². The molecule has 0 saturated carbocycles. The molecule has 0 aliphatic rings. The lowest BCUT2D eigenvalue weighted by Crippen LogP contribution is -2.53. The maximum absolute atomic E-state index is 6.63. The minimum absolute atomic E-state index is 0. The first kappa shape index (κ1) is 173. The van der Waals surface area contributed by atoms with Crippen molar-refractivity contribution in [2.24, 2.45) is 27.1 Å². The van der Waals surface area contributed by atoms with Gasteiger partial charge in [0.15, 0.2) is 16.6 Å². The molecule has 0 aromatic carbocycles. The zero-order valence-electron chi connectivity index (χ0n) is 39.3. The van der Waals surface area contributed by atoms with Crippen molar-refractivity contribution in [3.8, 4) is 0 Å². The molecule has 2 nitrogen and oxygen atoms in total. The van der Waals surface area contributed by atoms with Crippen molar-refractivity contribution in [2.75, 3.05) is 0 Å². The molecule has 0 saturated heterocycles. The third-order valence-corrected chi connectivity index (χ3v) is 22.6. The van der Waals surface area contributed by atoms with Crippen molar-refractivity contribution < 1.29 is 8.85 Å². The number of rotatable bonds is 2. The van der Waals surface area contributed by atoms with E-state index >= 15 is 0 Å². The number of allylic oxidation sites excluding steroid dienone is 2.